The van der Waals surface area contributed by atoms with Gasteiger partial charge in [0, 0.05) is 6.04 Å². The molecule has 0 aromatic heterocycles. The van der Waals surface area contributed by atoms with Crippen LogP contribution in [0.3, 0.4) is 0 Å². The highest BCUT2D eigenvalue weighted by Gasteiger charge is 2.30. The van der Waals surface area contributed by atoms with Gasteiger partial charge in [-0.15, -0.1) is 6.58 Å². The molecule has 0 saturated carbocycles. The number of hydrogen-bond acceptors (Lipinski definition) is 3. The van der Waals surface area contributed by atoms with Crippen LogP contribution in [0.5, 0.6) is 0 Å². The van der Waals surface area contributed by atoms with Gasteiger partial charge in [-0.3, -0.25) is 0 Å². The molecule has 0 aromatic rings. The summed E-state index contributed by atoms with van der Waals surface area (Å²) in [6, 6.07) is 0.377. The fourth-order valence-electron chi connectivity index (χ4n) is 1.60. The lowest BCUT2D eigenvalue weighted by atomic mass is 9.96. The van der Waals surface area contributed by atoms with E-state index in [4.69, 9.17) is 0 Å². The average Bonchev–Trinajstić information content (AvgIpc) is 2.19. The molecule has 1 unspecified atom stereocenters. The van der Waals surface area contributed by atoms with Gasteiger partial charge < -0.3 is 16.0 Å². The zero-order valence-corrected chi connectivity index (χ0v) is 9.28. The van der Waals surface area contributed by atoms with Crippen LogP contribution in [0, 0.1) is 0 Å². The maximum atomic E-state index is 3.74. The minimum Gasteiger partial charge on any atom is -0.314 e. The maximum Gasteiger partial charge on any atom is 0.0840 e. The molecule has 1 atom stereocenters. The van der Waals surface area contributed by atoms with Crippen molar-refractivity contribution >= 4 is 0 Å². The standard InChI is InChI=1S/C10H23N3/c1-6-7-8-10(12-4,13-5)9(2)11-3/h6,9,11-13H,1,7-8H2,2-5H3. The first-order valence-corrected chi connectivity index (χ1v) is 4.82. The first kappa shape index (κ1) is 12.6. The second kappa shape index (κ2) is 6.13. The minimum absolute atomic E-state index is 0.0387. The van der Waals surface area contributed by atoms with Gasteiger partial charge in [0.15, 0.2) is 0 Å². The lowest BCUT2D eigenvalue weighted by Crippen LogP contribution is -2.64. The molecule has 3 N–H and O–H groups in total. The van der Waals surface area contributed by atoms with Gasteiger partial charge in [0.1, 0.15) is 0 Å². The third-order valence-electron chi connectivity index (χ3n) is 2.81. The molecule has 3 heteroatoms. The summed E-state index contributed by atoms with van der Waals surface area (Å²) in [7, 11) is 5.93. The third kappa shape index (κ3) is 3.10. The Kier molecular flexibility index (Phi) is 5.95. The summed E-state index contributed by atoms with van der Waals surface area (Å²) in [6.07, 6.45) is 3.99. The predicted molar refractivity (Wildman–Crippen MR) is 58.8 cm³/mol. The largest absolute Gasteiger partial charge is 0.314 e. The van der Waals surface area contributed by atoms with E-state index >= 15 is 0 Å². The first-order chi connectivity index (χ1) is 6.16. The van der Waals surface area contributed by atoms with Crippen molar-refractivity contribution in [1.29, 1.82) is 0 Å². The van der Waals surface area contributed by atoms with Gasteiger partial charge in [0.25, 0.3) is 0 Å². The quantitative estimate of drug-likeness (QED) is 0.403. The Bertz CT molecular complexity index is 141. The zero-order valence-electron chi connectivity index (χ0n) is 9.28. The van der Waals surface area contributed by atoms with Crippen LogP contribution in [-0.4, -0.2) is 32.8 Å². The molecule has 3 nitrogen and oxygen atoms in total. The third-order valence-corrected chi connectivity index (χ3v) is 2.81. The summed E-state index contributed by atoms with van der Waals surface area (Å²) in [5, 5.41) is 9.92. The second-order valence-electron chi connectivity index (χ2n) is 3.31. The van der Waals surface area contributed by atoms with Gasteiger partial charge in [-0.05, 0) is 40.9 Å². The lowest BCUT2D eigenvalue weighted by Gasteiger charge is -2.38. The molecule has 0 fully saturated rings. The van der Waals surface area contributed by atoms with Crippen LogP contribution in [0.1, 0.15) is 19.8 Å². The van der Waals surface area contributed by atoms with E-state index in [9.17, 15) is 0 Å². The van der Waals surface area contributed by atoms with Crippen molar-refractivity contribution in [2.75, 3.05) is 21.1 Å². The Balaban J connectivity index is 4.37. The summed E-state index contributed by atoms with van der Waals surface area (Å²) in [6.45, 7) is 5.90. The Hall–Kier alpha value is -0.380. The van der Waals surface area contributed by atoms with E-state index in [0.717, 1.165) is 12.8 Å². The highest BCUT2D eigenvalue weighted by atomic mass is 15.2. The van der Waals surface area contributed by atoms with Crippen molar-refractivity contribution in [2.24, 2.45) is 0 Å². The second-order valence-corrected chi connectivity index (χ2v) is 3.31. The van der Waals surface area contributed by atoms with Crippen molar-refractivity contribution in [3.8, 4) is 0 Å². The Morgan fingerprint density at radius 2 is 1.85 bits per heavy atom. The minimum atomic E-state index is -0.0387. The van der Waals surface area contributed by atoms with Crippen molar-refractivity contribution in [2.45, 2.75) is 31.5 Å². The maximum absolute atomic E-state index is 3.74. The number of hydrogen-bond donors (Lipinski definition) is 3. The predicted octanol–water partition coefficient (Wildman–Crippen LogP) is 0.696. The molecule has 0 radical (unpaired) electrons. The van der Waals surface area contributed by atoms with E-state index in [1.165, 1.54) is 0 Å². The number of nitrogens with one attached hydrogen (secondary N) is 3. The molecule has 0 saturated heterocycles. The van der Waals surface area contributed by atoms with E-state index in [2.05, 4.69) is 29.5 Å². The summed E-state index contributed by atoms with van der Waals surface area (Å²) in [5.41, 5.74) is -0.0387. The van der Waals surface area contributed by atoms with Gasteiger partial charge in [-0.1, -0.05) is 6.08 Å². The van der Waals surface area contributed by atoms with Crippen LogP contribution in [0.4, 0.5) is 0 Å². The molecule has 0 rings (SSSR count). The number of likely N-dealkylation sites (N-methyl/N-ethyl adjacent to an activating group) is 3. The van der Waals surface area contributed by atoms with Gasteiger partial charge in [-0.2, -0.15) is 0 Å². The summed E-state index contributed by atoms with van der Waals surface area (Å²) in [4.78, 5) is 0. The summed E-state index contributed by atoms with van der Waals surface area (Å²) >= 11 is 0. The SMILES string of the molecule is C=CCCC(NC)(NC)C(C)NC. The summed E-state index contributed by atoms with van der Waals surface area (Å²) in [5.74, 6) is 0. The molecule has 0 aliphatic heterocycles. The molecule has 0 bridgehead atoms. The van der Waals surface area contributed by atoms with Gasteiger partial charge in [0.05, 0.1) is 5.66 Å². The number of rotatable bonds is 7. The van der Waals surface area contributed by atoms with Gasteiger partial charge in [0.2, 0.25) is 0 Å². The molecular weight excluding hydrogens is 162 g/mol. The van der Waals surface area contributed by atoms with Crippen LogP contribution >= 0.6 is 0 Å². The van der Waals surface area contributed by atoms with E-state index < -0.39 is 0 Å². The van der Waals surface area contributed by atoms with Crippen molar-refractivity contribution < 1.29 is 0 Å². The average molecular weight is 185 g/mol. The Morgan fingerprint density at radius 3 is 2.15 bits per heavy atom. The number of allylic oxidation sites excluding steroid dienone is 1. The zero-order chi connectivity index (χ0) is 10.3. The van der Waals surface area contributed by atoms with Crippen LogP contribution in [-0.2, 0) is 0 Å². The van der Waals surface area contributed by atoms with E-state index in [1.54, 1.807) is 0 Å². The van der Waals surface area contributed by atoms with E-state index in [1.807, 2.05) is 27.2 Å². The topological polar surface area (TPSA) is 36.1 Å². The summed E-state index contributed by atoms with van der Waals surface area (Å²) < 4.78 is 0. The lowest BCUT2D eigenvalue weighted by molar-refractivity contribution is 0.210. The van der Waals surface area contributed by atoms with Crippen LogP contribution in [0.2, 0.25) is 0 Å². The molecule has 0 heterocycles. The first-order valence-electron chi connectivity index (χ1n) is 4.82. The fraction of sp³-hybridized carbons (Fsp3) is 0.800. The fourth-order valence-corrected chi connectivity index (χ4v) is 1.60. The van der Waals surface area contributed by atoms with E-state index in [0.29, 0.717) is 6.04 Å². The van der Waals surface area contributed by atoms with Crippen LogP contribution in [0.15, 0.2) is 12.7 Å². The highest BCUT2D eigenvalue weighted by molar-refractivity contribution is 4.93. The van der Waals surface area contributed by atoms with Crippen molar-refractivity contribution in [1.82, 2.24) is 16.0 Å². The highest BCUT2D eigenvalue weighted by Crippen LogP contribution is 2.13. The van der Waals surface area contributed by atoms with Crippen LogP contribution < -0.4 is 16.0 Å². The van der Waals surface area contributed by atoms with Gasteiger partial charge >= 0.3 is 0 Å². The van der Waals surface area contributed by atoms with Crippen molar-refractivity contribution in [3.05, 3.63) is 12.7 Å². The van der Waals surface area contributed by atoms with Crippen LogP contribution in [0.25, 0.3) is 0 Å². The molecule has 0 spiro atoms. The smallest absolute Gasteiger partial charge is 0.0840 e. The Labute approximate surface area is 82.0 Å². The molecule has 0 amide bonds. The van der Waals surface area contributed by atoms with Gasteiger partial charge in [-0.25, -0.2) is 0 Å². The molecule has 78 valence electrons. The molecule has 0 aliphatic carbocycles. The normalized spacial score (nSPS) is 14.2. The molecule has 0 aromatic carbocycles. The molecule has 0 aliphatic rings. The monoisotopic (exact) mass is 185 g/mol. The molecule has 13 heavy (non-hydrogen) atoms. The van der Waals surface area contributed by atoms with Crippen molar-refractivity contribution in [3.63, 3.8) is 0 Å². The van der Waals surface area contributed by atoms with E-state index in [-0.39, 0.29) is 5.66 Å². The molecular formula is C10H23N3. The Morgan fingerprint density at radius 1 is 1.31 bits per heavy atom.